The summed E-state index contributed by atoms with van der Waals surface area (Å²) in [4.78, 5) is 24.6. The van der Waals surface area contributed by atoms with Crippen molar-refractivity contribution in [3.63, 3.8) is 0 Å². The molecule has 0 bridgehead atoms. The zero-order chi connectivity index (χ0) is 18.1. The van der Waals surface area contributed by atoms with Crippen molar-refractivity contribution < 1.29 is 23.8 Å². The van der Waals surface area contributed by atoms with Crippen LogP contribution < -0.4 is 0 Å². The molecule has 0 saturated carbocycles. The van der Waals surface area contributed by atoms with Crippen molar-refractivity contribution >= 4 is 17.5 Å². The van der Waals surface area contributed by atoms with Gasteiger partial charge in [-0.3, -0.25) is 0 Å². The number of carbonyl (C=O) groups is 2. The summed E-state index contributed by atoms with van der Waals surface area (Å²) in [6.07, 6.45) is 8.19. The molecule has 0 fully saturated rings. The van der Waals surface area contributed by atoms with Crippen LogP contribution in [0, 0.1) is 5.41 Å². The molecule has 1 heterocycles. The second kappa shape index (κ2) is 4.90. The standard InChI is InChI=1S/C21H16O5/c1-24-21(25-2)15-8-4-3-6-12(15)13-7-5-10-20(17(13)21)11-9-14-16(20)19(23)26-18(14)22/h3-9,11H,10H2,1-2H3. The Balaban J connectivity index is 1.85. The summed E-state index contributed by atoms with van der Waals surface area (Å²) >= 11 is 0. The van der Waals surface area contributed by atoms with Crippen molar-refractivity contribution in [1.29, 1.82) is 0 Å². The molecule has 5 rings (SSSR count). The fourth-order valence-corrected chi connectivity index (χ4v) is 4.79. The first-order valence-corrected chi connectivity index (χ1v) is 8.41. The number of cyclic esters (lactones) is 2. The van der Waals surface area contributed by atoms with Crippen LogP contribution in [0.1, 0.15) is 17.5 Å². The van der Waals surface area contributed by atoms with Crippen LogP contribution in [0.15, 0.2) is 65.3 Å². The van der Waals surface area contributed by atoms with Crippen molar-refractivity contribution in [3.05, 3.63) is 76.4 Å². The van der Waals surface area contributed by atoms with Crippen LogP contribution in [0.2, 0.25) is 0 Å². The Morgan fingerprint density at radius 3 is 2.54 bits per heavy atom. The van der Waals surface area contributed by atoms with Crippen molar-refractivity contribution in [2.45, 2.75) is 12.2 Å². The summed E-state index contributed by atoms with van der Waals surface area (Å²) in [5.41, 5.74) is 3.57. The fraction of sp³-hybridized carbons (Fsp3) is 0.238. The molecule has 130 valence electrons. The number of carbonyl (C=O) groups excluding carboxylic acids is 2. The van der Waals surface area contributed by atoms with Gasteiger partial charge in [-0.15, -0.1) is 0 Å². The van der Waals surface area contributed by atoms with E-state index in [1.54, 1.807) is 20.3 Å². The normalized spacial score (nSPS) is 27.3. The number of hydrogen-bond donors (Lipinski definition) is 0. The molecule has 0 saturated heterocycles. The molecule has 1 aliphatic heterocycles. The third-order valence-electron chi connectivity index (χ3n) is 5.78. The van der Waals surface area contributed by atoms with Crippen molar-refractivity contribution in [3.8, 4) is 0 Å². The van der Waals surface area contributed by atoms with Gasteiger partial charge < -0.3 is 14.2 Å². The van der Waals surface area contributed by atoms with Gasteiger partial charge in [0.15, 0.2) is 0 Å². The molecule has 1 aromatic rings. The van der Waals surface area contributed by atoms with Gasteiger partial charge in [0, 0.05) is 25.4 Å². The lowest BCUT2D eigenvalue weighted by molar-refractivity contribution is -0.191. The number of methoxy groups -OCH3 is 2. The molecule has 4 aliphatic rings. The maximum atomic E-state index is 12.5. The van der Waals surface area contributed by atoms with Gasteiger partial charge in [0.2, 0.25) is 5.79 Å². The van der Waals surface area contributed by atoms with E-state index in [1.165, 1.54) is 0 Å². The summed E-state index contributed by atoms with van der Waals surface area (Å²) in [6, 6.07) is 7.87. The fourth-order valence-electron chi connectivity index (χ4n) is 4.79. The monoisotopic (exact) mass is 348 g/mol. The highest BCUT2D eigenvalue weighted by molar-refractivity contribution is 6.17. The molecule has 1 spiro atoms. The summed E-state index contributed by atoms with van der Waals surface area (Å²) in [5, 5.41) is 0. The molecule has 0 radical (unpaired) electrons. The van der Waals surface area contributed by atoms with Gasteiger partial charge >= 0.3 is 11.9 Å². The van der Waals surface area contributed by atoms with Gasteiger partial charge in [-0.25, -0.2) is 9.59 Å². The molecule has 0 N–H and O–H groups in total. The Bertz CT molecular complexity index is 1000. The third-order valence-corrected chi connectivity index (χ3v) is 5.78. The maximum Gasteiger partial charge on any atom is 0.346 e. The van der Waals surface area contributed by atoms with Crippen molar-refractivity contribution in [1.82, 2.24) is 0 Å². The number of esters is 2. The molecule has 1 unspecified atom stereocenters. The van der Waals surface area contributed by atoms with Crippen molar-refractivity contribution in [2.24, 2.45) is 5.41 Å². The zero-order valence-corrected chi connectivity index (χ0v) is 14.4. The first-order chi connectivity index (χ1) is 12.6. The number of benzene rings is 1. The SMILES string of the molecule is COC1(OC)C2=C(C=CCC23C=CC2=C3C(=O)OC2=O)c2ccccc21. The topological polar surface area (TPSA) is 61.8 Å². The van der Waals surface area contributed by atoms with Gasteiger partial charge in [-0.1, -0.05) is 42.5 Å². The van der Waals surface area contributed by atoms with Crippen LogP contribution in [-0.2, 0) is 29.6 Å². The van der Waals surface area contributed by atoms with Crippen molar-refractivity contribution in [2.75, 3.05) is 14.2 Å². The molecule has 5 heteroatoms. The van der Waals surface area contributed by atoms with Crippen LogP contribution in [0.25, 0.3) is 5.57 Å². The summed E-state index contributed by atoms with van der Waals surface area (Å²) in [5.74, 6) is -2.31. The molecular weight excluding hydrogens is 332 g/mol. The number of hydrogen-bond acceptors (Lipinski definition) is 5. The second-order valence-electron chi connectivity index (χ2n) is 6.74. The van der Waals surface area contributed by atoms with E-state index in [1.807, 2.05) is 42.5 Å². The smallest absolute Gasteiger partial charge is 0.346 e. The number of ether oxygens (including phenoxy) is 3. The minimum absolute atomic E-state index is 0.328. The van der Waals surface area contributed by atoms with Gasteiger partial charge in [-0.05, 0) is 23.6 Å². The predicted molar refractivity (Wildman–Crippen MR) is 92.5 cm³/mol. The van der Waals surface area contributed by atoms with E-state index >= 15 is 0 Å². The van der Waals surface area contributed by atoms with Crippen LogP contribution in [0.3, 0.4) is 0 Å². The molecule has 26 heavy (non-hydrogen) atoms. The lowest BCUT2D eigenvalue weighted by atomic mass is 9.67. The van der Waals surface area contributed by atoms with E-state index < -0.39 is 23.1 Å². The molecule has 5 nitrogen and oxygen atoms in total. The van der Waals surface area contributed by atoms with Crippen LogP contribution in [-0.4, -0.2) is 26.2 Å². The summed E-state index contributed by atoms with van der Waals surface area (Å²) in [6.45, 7) is 0. The Hall–Kier alpha value is -2.76. The number of fused-ring (bicyclic) bond motifs is 4. The van der Waals surface area contributed by atoms with E-state index in [9.17, 15) is 9.59 Å². The second-order valence-corrected chi connectivity index (χ2v) is 6.74. The van der Waals surface area contributed by atoms with Crippen LogP contribution in [0.5, 0.6) is 0 Å². The Morgan fingerprint density at radius 2 is 1.77 bits per heavy atom. The summed E-state index contributed by atoms with van der Waals surface area (Å²) < 4.78 is 16.8. The van der Waals surface area contributed by atoms with Gasteiger partial charge in [-0.2, -0.15) is 0 Å². The maximum absolute atomic E-state index is 12.5. The molecule has 1 aromatic carbocycles. The quantitative estimate of drug-likeness (QED) is 0.467. The molecule has 0 amide bonds. The molecular formula is C21H16O5. The first-order valence-electron chi connectivity index (χ1n) is 8.41. The highest BCUT2D eigenvalue weighted by Gasteiger charge is 2.60. The van der Waals surface area contributed by atoms with Crippen LogP contribution in [0.4, 0.5) is 0 Å². The van der Waals surface area contributed by atoms with E-state index in [0.717, 1.165) is 22.3 Å². The highest BCUT2D eigenvalue weighted by atomic mass is 16.7. The third kappa shape index (κ3) is 1.54. The van der Waals surface area contributed by atoms with Crippen LogP contribution >= 0.6 is 0 Å². The van der Waals surface area contributed by atoms with E-state index in [2.05, 4.69) is 0 Å². The zero-order valence-electron chi connectivity index (χ0n) is 14.4. The lowest BCUT2D eigenvalue weighted by Crippen LogP contribution is -2.41. The lowest BCUT2D eigenvalue weighted by Gasteiger charge is -2.41. The van der Waals surface area contributed by atoms with Gasteiger partial charge in [0.25, 0.3) is 0 Å². The van der Waals surface area contributed by atoms with Gasteiger partial charge in [0.1, 0.15) is 0 Å². The Labute approximate surface area is 150 Å². The highest BCUT2D eigenvalue weighted by Crippen LogP contribution is 2.63. The largest absolute Gasteiger partial charge is 0.386 e. The molecule has 3 aliphatic carbocycles. The van der Waals surface area contributed by atoms with Gasteiger partial charge in [0.05, 0.1) is 16.6 Å². The number of rotatable bonds is 2. The molecule has 1 atom stereocenters. The van der Waals surface area contributed by atoms with E-state index in [0.29, 0.717) is 17.6 Å². The van der Waals surface area contributed by atoms with E-state index in [4.69, 9.17) is 14.2 Å². The minimum Gasteiger partial charge on any atom is -0.386 e. The molecule has 0 aromatic heterocycles. The number of allylic oxidation sites excluding steroid dienone is 4. The predicted octanol–water partition coefficient (Wildman–Crippen LogP) is 2.80. The average molecular weight is 348 g/mol. The average Bonchev–Trinajstić information content (AvgIpc) is 3.27. The van der Waals surface area contributed by atoms with E-state index in [-0.39, 0.29) is 0 Å². The Kier molecular flexibility index (Phi) is 2.92. The first kappa shape index (κ1) is 15.5. The summed E-state index contributed by atoms with van der Waals surface area (Å²) in [7, 11) is 3.18. The Morgan fingerprint density at radius 1 is 1.00 bits per heavy atom. The minimum atomic E-state index is -1.13.